The molecule has 1 N–H and O–H groups in total. The van der Waals surface area contributed by atoms with Crippen LogP contribution in [0, 0.1) is 5.92 Å². The molecule has 0 aliphatic carbocycles. The third-order valence-electron chi connectivity index (χ3n) is 1.31. The summed E-state index contributed by atoms with van der Waals surface area (Å²) >= 11 is 0. The molecule has 0 aromatic carbocycles. The van der Waals surface area contributed by atoms with Crippen molar-refractivity contribution in [1.29, 1.82) is 0 Å². The van der Waals surface area contributed by atoms with E-state index in [1.165, 1.54) is 0 Å². The van der Waals surface area contributed by atoms with Gasteiger partial charge in [-0.25, -0.2) is 0 Å². The summed E-state index contributed by atoms with van der Waals surface area (Å²) in [7, 11) is 0. The smallest absolute Gasteiger partial charge is 0.132 e. The molecule has 0 amide bonds. The van der Waals surface area contributed by atoms with Crippen LogP contribution in [0.2, 0.25) is 0 Å². The predicted molar refractivity (Wildman–Crippen MR) is 52.0 cm³/mol. The van der Waals surface area contributed by atoms with Gasteiger partial charge in [0.15, 0.2) is 0 Å². The Morgan fingerprint density at radius 1 is 1.33 bits per heavy atom. The van der Waals surface area contributed by atoms with E-state index in [9.17, 15) is 4.79 Å². The lowest BCUT2D eigenvalue weighted by atomic mass is 10.1. The molecule has 72 valence electrons. The molecule has 0 bridgehead atoms. The van der Waals surface area contributed by atoms with Crippen LogP contribution >= 0.6 is 0 Å². The summed E-state index contributed by atoms with van der Waals surface area (Å²) in [5, 5.41) is 8.16. The van der Waals surface area contributed by atoms with E-state index < -0.39 is 0 Å². The number of ketones is 1. The maximum Gasteiger partial charge on any atom is 0.132 e. The van der Waals surface area contributed by atoms with Gasteiger partial charge in [0.1, 0.15) is 5.78 Å². The van der Waals surface area contributed by atoms with E-state index in [0.717, 1.165) is 5.57 Å². The lowest BCUT2D eigenvalue weighted by molar-refractivity contribution is -0.119. The van der Waals surface area contributed by atoms with Gasteiger partial charge in [0.2, 0.25) is 0 Å². The minimum atomic E-state index is 0.169. The molecule has 0 radical (unpaired) electrons. The van der Waals surface area contributed by atoms with Crippen LogP contribution < -0.4 is 0 Å². The van der Waals surface area contributed by atoms with Crippen molar-refractivity contribution >= 4 is 5.78 Å². The monoisotopic (exact) mass is 172 g/mol. The number of allylic oxidation sites excluding steroid dienone is 1. The summed E-state index contributed by atoms with van der Waals surface area (Å²) in [4.78, 5) is 10.1. The first-order valence-corrected chi connectivity index (χ1v) is 4.16. The van der Waals surface area contributed by atoms with Gasteiger partial charge in [-0.1, -0.05) is 25.5 Å². The molecule has 0 aliphatic heterocycles. The van der Waals surface area contributed by atoms with Crippen molar-refractivity contribution in [1.82, 2.24) is 0 Å². The number of hydrogen-bond donors (Lipinski definition) is 1. The first-order chi connectivity index (χ1) is 5.41. The number of hydrogen-bond acceptors (Lipinski definition) is 2. The summed E-state index contributed by atoms with van der Waals surface area (Å²) in [6.07, 6.45) is 1.76. The van der Waals surface area contributed by atoms with Crippen LogP contribution in [0.3, 0.4) is 0 Å². The molecule has 0 aromatic rings. The standard InChI is InChI=1S/2C5H10O/c1-5(2)3-4-6;1-4(2)5(3)6/h3,6H,4H2,1-2H3;4H,1-3H3. The van der Waals surface area contributed by atoms with E-state index in [-0.39, 0.29) is 18.3 Å². The van der Waals surface area contributed by atoms with Crippen molar-refractivity contribution in [2.75, 3.05) is 6.61 Å². The highest BCUT2D eigenvalue weighted by atomic mass is 16.2. The molecule has 2 nitrogen and oxygen atoms in total. The number of rotatable bonds is 2. The van der Waals surface area contributed by atoms with Crippen molar-refractivity contribution in [2.24, 2.45) is 5.92 Å². The molecular weight excluding hydrogens is 152 g/mol. The quantitative estimate of drug-likeness (QED) is 0.648. The van der Waals surface area contributed by atoms with Gasteiger partial charge in [-0.2, -0.15) is 0 Å². The summed E-state index contributed by atoms with van der Waals surface area (Å²) in [5.74, 6) is 0.472. The van der Waals surface area contributed by atoms with E-state index in [1.807, 2.05) is 27.7 Å². The van der Waals surface area contributed by atoms with Gasteiger partial charge in [0, 0.05) is 5.92 Å². The molecule has 0 aromatic heterocycles. The van der Waals surface area contributed by atoms with Crippen LogP contribution in [0.4, 0.5) is 0 Å². The fourth-order valence-corrected chi connectivity index (χ4v) is 0.183. The Bertz CT molecular complexity index is 142. The first-order valence-electron chi connectivity index (χ1n) is 4.16. The third-order valence-corrected chi connectivity index (χ3v) is 1.31. The largest absolute Gasteiger partial charge is 0.392 e. The summed E-state index contributed by atoms with van der Waals surface area (Å²) < 4.78 is 0. The Hall–Kier alpha value is -0.630. The number of aliphatic hydroxyl groups excluding tert-OH is 1. The van der Waals surface area contributed by atoms with Crippen LogP contribution in [0.15, 0.2) is 11.6 Å². The molecule has 0 rings (SSSR count). The molecule has 0 fully saturated rings. The summed E-state index contributed by atoms with van der Waals surface area (Å²) in [6, 6.07) is 0. The SMILES string of the molecule is CC(=O)C(C)C.CC(C)=CCO. The Labute approximate surface area is 75.3 Å². The summed E-state index contributed by atoms with van der Waals surface area (Å²) in [6.45, 7) is 9.46. The molecule has 0 saturated carbocycles. The van der Waals surface area contributed by atoms with Crippen LogP contribution in [-0.4, -0.2) is 17.5 Å². The second kappa shape index (κ2) is 8.47. The molecular formula is C10H20O2. The Balaban J connectivity index is 0. The molecule has 2 heteroatoms. The Morgan fingerprint density at radius 3 is 1.67 bits per heavy atom. The van der Waals surface area contributed by atoms with Crippen LogP contribution in [0.5, 0.6) is 0 Å². The molecule has 0 unspecified atom stereocenters. The van der Waals surface area contributed by atoms with E-state index in [4.69, 9.17) is 5.11 Å². The van der Waals surface area contributed by atoms with Crippen molar-refractivity contribution in [2.45, 2.75) is 34.6 Å². The molecule has 0 atom stereocenters. The van der Waals surface area contributed by atoms with Gasteiger partial charge >= 0.3 is 0 Å². The van der Waals surface area contributed by atoms with Crippen molar-refractivity contribution in [3.05, 3.63) is 11.6 Å². The van der Waals surface area contributed by atoms with Crippen LogP contribution in [-0.2, 0) is 4.79 Å². The third kappa shape index (κ3) is 16.2. The fourth-order valence-electron chi connectivity index (χ4n) is 0.183. The highest BCUT2D eigenvalue weighted by molar-refractivity contribution is 5.77. The number of carbonyl (C=O) groups is 1. The Morgan fingerprint density at radius 2 is 1.67 bits per heavy atom. The highest BCUT2D eigenvalue weighted by Crippen LogP contribution is 1.89. The van der Waals surface area contributed by atoms with Crippen molar-refractivity contribution < 1.29 is 9.90 Å². The maximum absolute atomic E-state index is 10.1. The predicted octanol–water partition coefficient (Wildman–Crippen LogP) is 2.18. The maximum atomic E-state index is 10.1. The van der Waals surface area contributed by atoms with Gasteiger partial charge < -0.3 is 5.11 Å². The van der Waals surface area contributed by atoms with Gasteiger partial charge in [-0.05, 0) is 20.8 Å². The van der Waals surface area contributed by atoms with Gasteiger partial charge in [-0.3, -0.25) is 4.79 Å². The van der Waals surface area contributed by atoms with Crippen LogP contribution in [0.25, 0.3) is 0 Å². The zero-order valence-corrected chi connectivity index (χ0v) is 8.72. The van der Waals surface area contributed by atoms with E-state index in [0.29, 0.717) is 0 Å². The fraction of sp³-hybridized carbons (Fsp3) is 0.700. The van der Waals surface area contributed by atoms with E-state index in [2.05, 4.69) is 0 Å². The average molecular weight is 172 g/mol. The van der Waals surface area contributed by atoms with Crippen LogP contribution in [0.1, 0.15) is 34.6 Å². The normalized spacial score (nSPS) is 8.58. The molecule has 12 heavy (non-hydrogen) atoms. The zero-order chi connectivity index (χ0) is 10.1. The summed E-state index contributed by atoms with van der Waals surface area (Å²) in [5.41, 5.74) is 1.16. The average Bonchev–Trinajstić information content (AvgIpc) is 1.87. The lowest BCUT2D eigenvalue weighted by Gasteiger charge is -1.90. The van der Waals surface area contributed by atoms with Gasteiger partial charge in [0.25, 0.3) is 0 Å². The van der Waals surface area contributed by atoms with Crippen molar-refractivity contribution in [3.8, 4) is 0 Å². The second-order valence-corrected chi connectivity index (χ2v) is 3.23. The first kappa shape index (κ1) is 13.9. The minimum absolute atomic E-state index is 0.169. The molecule has 0 spiro atoms. The second-order valence-electron chi connectivity index (χ2n) is 3.23. The Kier molecular flexibility index (Phi) is 9.83. The number of Topliss-reactive ketones (excluding diaryl/α,β-unsaturated/α-hetero) is 1. The number of aliphatic hydroxyl groups is 1. The highest BCUT2D eigenvalue weighted by Gasteiger charge is 1.95. The lowest BCUT2D eigenvalue weighted by Crippen LogP contribution is -1.98. The molecule has 0 aliphatic rings. The number of carbonyl (C=O) groups excluding carboxylic acids is 1. The van der Waals surface area contributed by atoms with E-state index in [1.54, 1.807) is 13.0 Å². The molecule has 0 heterocycles. The minimum Gasteiger partial charge on any atom is -0.392 e. The molecule has 0 saturated heterocycles. The van der Waals surface area contributed by atoms with E-state index >= 15 is 0 Å². The van der Waals surface area contributed by atoms with Crippen molar-refractivity contribution in [3.63, 3.8) is 0 Å². The van der Waals surface area contributed by atoms with Gasteiger partial charge in [0.05, 0.1) is 6.61 Å². The van der Waals surface area contributed by atoms with Gasteiger partial charge in [-0.15, -0.1) is 0 Å². The topological polar surface area (TPSA) is 37.3 Å². The zero-order valence-electron chi connectivity index (χ0n) is 8.72.